The number of H-pyrrole nitrogens is 1. The molecule has 1 atom stereocenters. The second kappa shape index (κ2) is 7.33. The summed E-state index contributed by atoms with van der Waals surface area (Å²) in [6, 6.07) is 8.35. The predicted octanol–water partition coefficient (Wildman–Crippen LogP) is 2.17. The van der Waals surface area contributed by atoms with Crippen molar-refractivity contribution in [2.24, 2.45) is 0 Å². The summed E-state index contributed by atoms with van der Waals surface area (Å²) in [7, 11) is -3.29. The number of hydrogen-bond acceptors (Lipinski definition) is 6. The lowest BCUT2D eigenvalue weighted by Crippen LogP contribution is -2.45. The van der Waals surface area contributed by atoms with Gasteiger partial charge in [0.25, 0.3) is 0 Å². The molecule has 0 unspecified atom stereocenters. The van der Waals surface area contributed by atoms with Crippen molar-refractivity contribution in [3.63, 3.8) is 0 Å². The van der Waals surface area contributed by atoms with E-state index < -0.39 is 10.0 Å². The van der Waals surface area contributed by atoms with Crippen molar-refractivity contribution in [1.29, 1.82) is 0 Å². The van der Waals surface area contributed by atoms with Crippen LogP contribution >= 0.6 is 0 Å². The van der Waals surface area contributed by atoms with Crippen molar-refractivity contribution < 1.29 is 13.2 Å². The third-order valence-electron chi connectivity index (χ3n) is 5.96. The number of aromatic nitrogens is 3. The Morgan fingerprint density at radius 3 is 2.87 bits per heavy atom. The summed E-state index contributed by atoms with van der Waals surface area (Å²) >= 11 is 0. The molecule has 0 radical (unpaired) electrons. The van der Waals surface area contributed by atoms with E-state index in [1.54, 1.807) is 0 Å². The van der Waals surface area contributed by atoms with Gasteiger partial charge in [0.1, 0.15) is 0 Å². The molecule has 0 saturated carbocycles. The van der Waals surface area contributed by atoms with Gasteiger partial charge in [0.2, 0.25) is 16.0 Å². The van der Waals surface area contributed by atoms with Crippen LogP contribution in [0.3, 0.4) is 0 Å². The molecule has 1 aromatic carbocycles. The summed E-state index contributed by atoms with van der Waals surface area (Å²) in [6.07, 6.45) is 3.78. The maximum Gasteiger partial charge on any atom is 0.226 e. The maximum absolute atomic E-state index is 12.2. The van der Waals surface area contributed by atoms with Crippen molar-refractivity contribution in [1.82, 2.24) is 19.3 Å². The van der Waals surface area contributed by atoms with E-state index >= 15 is 0 Å². The normalized spacial score (nSPS) is 20.5. The highest BCUT2D eigenvalue weighted by atomic mass is 32.2. The van der Waals surface area contributed by atoms with Gasteiger partial charge in [0.15, 0.2) is 0 Å². The van der Waals surface area contributed by atoms with E-state index in [9.17, 15) is 8.42 Å². The average molecular weight is 428 g/mol. The van der Waals surface area contributed by atoms with Crippen LogP contribution in [0.4, 0.5) is 5.95 Å². The van der Waals surface area contributed by atoms with Crippen LogP contribution < -0.4 is 4.90 Å². The zero-order valence-corrected chi connectivity index (χ0v) is 17.9. The first-order chi connectivity index (χ1) is 14.4. The van der Waals surface area contributed by atoms with Crippen molar-refractivity contribution in [3.8, 4) is 11.3 Å². The van der Waals surface area contributed by atoms with Crippen LogP contribution in [0.15, 0.2) is 30.5 Å². The van der Waals surface area contributed by atoms with Gasteiger partial charge in [0.05, 0.1) is 43.4 Å². The standard InChI is InChI=1S/C21H25N5O3S/c1-14-13-29-11-10-26(14)21-23-19-12-25(30(2,27)28)9-7-17(19)20(24-21)16-4-3-5-18-15(16)6-8-22-18/h3-6,8,14,22H,7,9-13H2,1-2H3/t14-/m1/s1. The van der Waals surface area contributed by atoms with E-state index in [4.69, 9.17) is 14.7 Å². The van der Waals surface area contributed by atoms with Gasteiger partial charge < -0.3 is 14.6 Å². The third-order valence-corrected chi connectivity index (χ3v) is 7.21. The molecule has 0 amide bonds. The molecule has 1 saturated heterocycles. The highest BCUT2D eigenvalue weighted by molar-refractivity contribution is 7.88. The minimum absolute atomic E-state index is 0.155. The van der Waals surface area contributed by atoms with Crippen molar-refractivity contribution in [2.75, 3.05) is 37.5 Å². The van der Waals surface area contributed by atoms with Crippen LogP contribution in [0, 0.1) is 0 Å². The molecule has 5 rings (SSSR count). The Morgan fingerprint density at radius 1 is 1.20 bits per heavy atom. The van der Waals surface area contributed by atoms with E-state index in [0.29, 0.717) is 38.7 Å². The second-order valence-corrected chi connectivity index (χ2v) is 9.99. The number of aromatic amines is 1. The van der Waals surface area contributed by atoms with Crippen LogP contribution in [0.5, 0.6) is 0 Å². The van der Waals surface area contributed by atoms with E-state index in [0.717, 1.165) is 33.4 Å². The van der Waals surface area contributed by atoms with Crippen LogP contribution in [0.2, 0.25) is 0 Å². The summed E-state index contributed by atoms with van der Waals surface area (Å²) in [5.74, 6) is 0.641. The summed E-state index contributed by atoms with van der Waals surface area (Å²) in [5.41, 5.74) is 4.82. The second-order valence-electron chi connectivity index (χ2n) is 8.01. The number of morpholine rings is 1. The number of fused-ring (bicyclic) bond motifs is 2. The Labute approximate surface area is 175 Å². The zero-order chi connectivity index (χ0) is 20.9. The number of nitrogens with one attached hydrogen (secondary N) is 1. The molecule has 30 heavy (non-hydrogen) atoms. The topological polar surface area (TPSA) is 91.4 Å². The van der Waals surface area contributed by atoms with Crippen molar-refractivity contribution in [3.05, 3.63) is 41.7 Å². The number of sulfonamides is 1. The fourth-order valence-electron chi connectivity index (χ4n) is 4.34. The molecule has 1 N–H and O–H groups in total. The molecule has 2 aliphatic rings. The third kappa shape index (κ3) is 3.36. The Hall–Kier alpha value is -2.49. The molecule has 0 spiro atoms. The summed E-state index contributed by atoms with van der Waals surface area (Å²) in [5, 5.41) is 1.10. The van der Waals surface area contributed by atoms with Gasteiger partial charge in [-0.05, 0) is 25.5 Å². The average Bonchev–Trinajstić information content (AvgIpc) is 3.21. The van der Waals surface area contributed by atoms with E-state index in [2.05, 4.69) is 28.9 Å². The Morgan fingerprint density at radius 2 is 2.07 bits per heavy atom. The number of nitrogens with zero attached hydrogens (tertiary/aromatic N) is 4. The molecule has 1 fully saturated rings. The van der Waals surface area contributed by atoms with Gasteiger partial charge >= 0.3 is 0 Å². The first-order valence-corrected chi connectivity index (χ1v) is 12.0. The summed E-state index contributed by atoms with van der Waals surface area (Å²) in [6.45, 7) is 4.78. The smallest absolute Gasteiger partial charge is 0.226 e. The fraction of sp³-hybridized carbons (Fsp3) is 0.429. The summed E-state index contributed by atoms with van der Waals surface area (Å²) < 4.78 is 31.4. The van der Waals surface area contributed by atoms with Crippen LogP contribution in [-0.4, -0.2) is 66.3 Å². The maximum atomic E-state index is 12.2. The van der Waals surface area contributed by atoms with Crippen LogP contribution in [-0.2, 0) is 27.7 Å². The van der Waals surface area contributed by atoms with Gasteiger partial charge in [-0.3, -0.25) is 0 Å². The van der Waals surface area contributed by atoms with Crippen LogP contribution in [0.1, 0.15) is 18.2 Å². The van der Waals surface area contributed by atoms with E-state index in [1.807, 2.05) is 18.3 Å². The Kier molecular flexibility index (Phi) is 4.76. The van der Waals surface area contributed by atoms with Crippen molar-refractivity contribution in [2.45, 2.75) is 25.9 Å². The number of rotatable bonds is 3. The fourth-order valence-corrected chi connectivity index (χ4v) is 5.12. The number of anilines is 1. The molecule has 4 heterocycles. The highest BCUT2D eigenvalue weighted by Gasteiger charge is 2.30. The molecule has 9 heteroatoms. The van der Waals surface area contributed by atoms with E-state index in [1.165, 1.54) is 10.6 Å². The van der Waals surface area contributed by atoms with Crippen molar-refractivity contribution >= 4 is 26.9 Å². The predicted molar refractivity (Wildman–Crippen MR) is 116 cm³/mol. The molecule has 8 nitrogen and oxygen atoms in total. The first kappa shape index (κ1) is 19.5. The lowest BCUT2D eigenvalue weighted by Gasteiger charge is -2.35. The number of hydrogen-bond donors (Lipinski definition) is 1. The molecule has 0 aliphatic carbocycles. The molecule has 3 aromatic rings. The Bertz CT molecular complexity index is 1210. The summed E-state index contributed by atoms with van der Waals surface area (Å²) in [4.78, 5) is 15.3. The molecule has 0 bridgehead atoms. The minimum atomic E-state index is -3.29. The number of benzene rings is 1. The zero-order valence-electron chi connectivity index (χ0n) is 17.1. The van der Waals surface area contributed by atoms with E-state index in [-0.39, 0.29) is 12.6 Å². The highest BCUT2D eigenvalue weighted by Crippen LogP contribution is 2.35. The monoisotopic (exact) mass is 427 g/mol. The quantitative estimate of drug-likeness (QED) is 0.689. The molecule has 2 aromatic heterocycles. The lowest BCUT2D eigenvalue weighted by molar-refractivity contribution is 0.0980. The molecule has 158 valence electrons. The Balaban J connectivity index is 1.69. The van der Waals surface area contributed by atoms with Crippen LogP contribution in [0.25, 0.3) is 22.2 Å². The van der Waals surface area contributed by atoms with Gasteiger partial charge in [-0.1, -0.05) is 12.1 Å². The largest absolute Gasteiger partial charge is 0.377 e. The molecular formula is C21H25N5O3S. The molecular weight excluding hydrogens is 402 g/mol. The number of ether oxygens (including phenoxy) is 1. The van der Waals surface area contributed by atoms with Gasteiger partial charge in [0, 0.05) is 41.3 Å². The minimum Gasteiger partial charge on any atom is -0.377 e. The van der Waals surface area contributed by atoms with Gasteiger partial charge in [-0.25, -0.2) is 18.4 Å². The SMILES string of the molecule is C[C@@H]1COCCN1c1nc2c(c(-c3cccc4[nH]ccc34)n1)CCN(S(C)(=O)=O)C2. The van der Waals surface area contributed by atoms with Gasteiger partial charge in [-0.2, -0.15) is 4.31 Å². The lowest BCUT2D eigenvalue weighted by atomic mass is 9.97. The van der Waals surface area contributed by atoms with Gasteiger partial charge in [-0.15, -0.1) is 0 Å². The first-order valence-electron chi connectivity index (χ1n) is 10.2. The molecule has 2 aliphatic heterocycles.